The summed E-state index contributed by atoms with van der Waals surface area (Å²) in [6, 6.07) is 0. The Labute approximate surface area is 69.5 Å². The minimum Gasteiger partial charge on any atom is -0.476 e. The van der Waals surface area contributed by atoms with E-state index in [1.807, 2.05) is 0 Å². The molecule has 1 heterocycles. The molecule has 0 unspecified atom stereocenters. The molecule has 0 spiro atoms. The van der Waals surface area contributed by atoms with Crippen molar-refractivity contribution < 1.29 is 9.90 Å². The molecule has 0 fully saturated rings. The zero-order chi connectivity index (χ0) is 9.14. The van der Waals surface area contributed by atoms with Crippen LogP contribution < -0.4 is 5.32 Å². The van der Waals surface area contributed by atoms with E-state index in [4.69, 9.17) is 5.11 Å². The summed E-state index contributed by atoms with van der Waals surface area (Å²) in [6.07, 6.45) is 1.51. The van der Waals surface area contributed by atoms with Gasteiger partial charge in [0.2, 0.25) is 0 Å². The number of aromatic carboxylic acids is 1. The van der Waals surface area contributed by atoms with Crippen LogP contribution >= 0.6 is 0 Å². The van der Waals surface area contributed by atoms with E-state index in [9.17, 15) is 4.79 Å². The molecule has 0 saturated carbocycles. The van der Waals surface area contributed by atoms with Gasteiger partial charge in [0.05, 0.1) is 11.9 Å². The molecule has 1 rings (SSSR count). The van der Waals surface area contributed by atoms with Crippen LogP contribution in [-0.4, -0.2) is 28.1 Å². The smallest absolute Gasteiger partial charge is 0.358 e. The highest BCUT2D eigenvalue weighted by Gasteiger charge is 2.11. The third kappa shape index (κ3) is 1.50. The SMILES string of the molecule is CNc1ncc(C)nc1C(=O)O. The molecule has 0 aliphatic rings. The highest BCUT2D eigenvalue weighted by atomic mass is 16.4. The van der Waals surface area contributed by atoms with Gasteiger partial charge in [0.25, 0.3) is 0 Å². The van der Waals surface area contributed by atoms with Crippen molar-refractivity contribution in [1.29, 1.82) is 0 Å². The summed E-state index contributed by atoms with van der Waals surface area (Å²) in [5.41, 5.74) is 0.545. The predicted octanol–water partition coefficient (Wildman–Crippen LogP) is 0.525. The standard InChI is InChI=1S/C7H9N3O2/c1-4-3-9-6(8-2)5(10-4)7(11)12/h3H,1-2H3,(H,8,9)(H,11,12). The van der Waals surface area contributed by atoms with Crippen LogP contribution in [0.5, 0.6) is 0 Å². The van der Waals surface area contributed by atoms with Gasteiger partial charge in [-0.15, -0.1) is 0 Å². The number of aromatic nitrogens is 2. The van der Waals surface area contributed by atoms with Gasteiger partial charge in [-0.05, 0) is 6.92 Å². The number of aryl methyl sites for hydroxylation is 1. The summed E-state index contributed by atoms with van der Waals surface area (Å²) in [7, 11) is 1.60. The van der Waals surface area contributed by atoms with Crippen molar-refractivity contribution in [3.8, 4) is 0 Å². The molecule has 0 bridgehead atoms. The largest absolute Gasteiger partial charge is 0.476 e. The molecule has 5 heteroatoms. The van der Waals surface area contributed by atoms with E-state index >= 15 is 0 Å². The van der Waals surface area contributed by atoms with Gasteiger partial charge in [-0.2, -0.15) is 0 Å². The molecule has 0 amide bonds. The molecular formula is C7H9N3O2. The number of carboxylic acids is 1. The second-order valence-corrected chi connectivity index (χ2v) is 2.26. The van der Waals surface area contributed by atoms with E-state index in [1.165, 1.54) is 6.20 Å². The van der Waals surface area contributed by atoms with Crippen LogP contribution in [0.1, 0.15) is 16.2 Å². The third-order valence-corrected chi connectivity index (χ3v) is 1.33. The van der Waals surface area contributed by atoms with Gasteiger partial charge >= 0.3 is 5.97 Å². The van der Waals surface area contributed by atoms with Gasteiger partial charge < -0.3 is 10.4 Å². The van der Waals surface area contributed by atoms with Crippen molar-refractivity contribution in [2.24, 2.45) is 0 Å². The van der Waals surface area contributed by atoms with Crippen LogP contribution in [0.4, 0.5) is 5.82 Å². The Kier molecular flexibility index (Phi) is 2.23. The van der Waals surface area contributed by atoms with Gasteiger partial charge in [0.15, 0.2) is 11.5 Å². The molecule has 0 atom stereocenters. The van der Waals surface area contributed by atoms with Crippen molar-refractivity contribution in [3.63, 3.8) is 0 Å². The maximum absolute atomic E-state index is 10.6. The van der Waals surface area contributed by atoms with E-state index in [2.05, 4.69) is 15.3 Å². The Morgan fingerprint density at radius 1 is 1.67 bits per heavy atom. The van der Waals surface area contributed by atoms with Gasteiger partial charge in [-0.1, -0.05) is 0 Å². The minimum atomic E-state index is -1.07. The Balaban J connectivity index is 3.21. The molecule has 5 nitrogen and oxygen atoms in total. The zero-order valence-corrected chi connectivity index (χ0v) is 6.83. The average molecular weight is 167 g/mol. The predicted molar refractivity (Wildman–Crippen MR) is 43.3 cm³/mol. The van der Waals surface area contributed by atoms with Crippen LogP contribution in [-0.2, 0) is 0 Å². The number of hydrogen-bond acceptors (Lipinski definition) is 4. The number of nitrogens with one attached hydrogen (secondary N) is 1. The lowest BCUT2D eigenvalue weighted by Gasteiger charge is -2.02. The van der Waals surface area contributed by atoms with Crippen LogP contribution in [0.25, 0.3) is 0 Å². The lowest BCUT2D eigenvalue weighted by Crippen LogP contribution is -2.08. The van der Waals surface area contributed by atoms with Gasteiger partial charge in [0.1, 0.15) is 0 Å². The number of anilines is 1. The molecule has 12 heavy (non-hydrogen) atoms. The normalized spacial score (nSPS) is 9.50. The minimum absolute atomic E-state index is 0.0440. The quantitative estimate of drug-likeness (QED) is 0.671. The topological polar surface area (TPSA) is 75.1 Å². The van der Waals surface area contributed by atoms with Crippen molar-refractivity contribution in [2.45, 2.75) is 6.92 Å². The van der Waals surface area contributed by atoms with Gasteiger partial charge in [-0.25, -0.2) is 14.8 Å². The molecule has 0 aliphatic carbocycles. The van der Waals surface area contributed by atoms with E-state index in [1.54, 1.807) is 14.0 Å². The molecule has 64 valence electrons. The van der Waals surface area contributed by atoms with Gasteiger partial charge in [0, 0.05) is 7.05 Å². The van der Waals surface area contributed by atoms with Crippen molar-refractivity contribution in [3.05, 3.63) is 17.6 Å². The Hall–Kier alpha value is -1.65. The molecule has 0 aliphatic heterocycles. The van der Waals surface area contributed by atoms with Crippen LogP contribution in [0.3, 0.4) is 0 Å². The maximum atomic E-state index is 10.6. The molecule has 0 aromatic carbocycles. The summed E-state index contributed by atoms with van der Waals surface area (Å²) in [6.45, 7) is 1.69. The Morgan fingerprint density at radius 3 is 2.83 bits per heavy atom. The number of rotatable bonds is 2. The molecular weight excluding hydrogens is 158 g/mol. The first-order chi connectivity index (χ1) is 5.65. The molecule has 1 aromatic heterocycles. The Bertz CT molecular complexity index is 312. The summed E-state index contributed by atoms with van der Waals surface area (Å²) in [5, 5.41) is 11.3. The molecule has 2 N–H and O–H groups in total. The average Bonchev–Trinajstić information content (AvgIpc) is 2.04. The first kappa shape index (κ1) is 8.45. The first-order valence-electron chi connectivity index (χ1n) is 3.40. The fraction of sp³-hybridized carbons (Fsp3) is 0.286. The molecule has 0 saturated heterocycles. The molecule has 0 radical (unpaired) electrons. The number of carbonyl (C=O) groups is 1. The van der Waals surface area contributed by atoms with Crippen molar-refractivity contribution >= 4 is 11.8 Å². The second kappa shape index (κ2) is 3.17. The maximum Gasteiger partial charge on any atom is 0.358 e. The monoisotopic (exact) mass is 167 g/mol. The lowest BCUT2D eigenvalue weighted by atomic mass is 10.4. The third-order valence-electron chi connectivity index (χ3n) is 1.33. The number of nitrogens with zero attached hydrogens (tertiary/aromatic N) is 2. The van der Waals surface area contributed by atoms with Crippen molar-refractivity contribution in [1.82, 2.24) is 9.97 Å². The number of carboxylic acid groups (broad SMARTS) is 1. The van der Waals surface area contributed by atoms with Crippen LogP contribution in [0.15, 0.2) is 6.20 Å². The lowest BCUT2D eigenvalue weighted by molar-refractivity contribution is 0.0691. The Morgan fingerprint density at radius 2 is 2.33 bits per heavy atom. The summed E-state index contributed by atoms with van der Waals surface area (Å²) in [5.74, 6) is -0.788. The van der Waals surface area contributed by atoms with Crippen LogP contribution in [0.2, 0.25) is 0 Å². The number of hydrogen-bond donors (Lipinski definition) is 2. The summed E-state index contributed by atoms with van der Waals surface area (Å²) in [4.78, 5) is 18.3. The highest BCUT2D eigenvalue weighted by Crippen LogP contribution is 2.08. The van der Waals surface area contributed by atoms with E-state index in [0.717, 1.165) is 0 Å². The second-order valence-electron chi connectivity index (χ2n) is 2.26. The van der Waals surface area contributed by atoms with E-state index in [-0.39, 0.29) is 11.5 Å². The highest BCUT2D eigenvalue weighted by molar-refractivity contribution is 5.90. The van der Waals surface area contributed by atoms with Gasteiger partial charge in [-0.3, -0.25) is 0 Å². The summed E-state index contributed by atoms with van der Waals surface area (Å²) >= 11 is 0. The summed E-state index contributed by atoms with van der Waals surface area (Å²) < 4.78 is 0. The zero-order valence-electron chi connectivity index (χ0n) is 6.83. The fourth-order valence-corrected chi connectivity index (χ4v) is 0.809. The first-order valence-corrected chi connectivity index (χ1v) is 3.40. The van der Waals surface area contributed by atoms with Crippen LogP contribution in [0, 0.1) is 6.92 Å². The molecule has 1 aromatic rings. The van der Waals surface area contributed by atoms with E-state index < -0.39 is 5.97 Å². The fourth-order valence-electron chi connectivity index (χ4n) is 0.809. The van der Waals surface area contributed by atoms with Crippen molar-refractivity contribution in [2.75, 3.05) is 12.4 Å². The van der Waals surface area contributed by atoms with E-state index in [0.29, 0.717) is 5.69 Å².